The number of aliphatic imine (C=N–C) groups is 1. The normalized spacial score (nSPS) is 17.5. The molecule has 0 unspecified atom stereocenters. The Morgan fingerprint density at radius 2 is 1.97 bits per heavy atom. The van der Waals surface area contributed by atoms with Crippen LogP contribution in [0.4, 0.5) is 13.2 Å². The number of hydrogen-bond acceptors (Lipinski definition) is 7. The van der Waals surface area contributed by atoms with Crippen molar-refractivity contribution >= 4 is 29.3 Å². The van der Waals surface area contributed by atoms with Crippen molar-refractivity contribution in [3.63, 3.8) is 0 Å². The Morgan fingerprint density at radius 1 is 1.21 bits per heavy atom. The van der Waals surface area contributed by atoms with Crippen molar-refractivity contribution in [3.05, 3.63) is 76.1 Å². The maximum atomic E-state index is 13.8. The molecule has 0 amide bonds. The molecule has 38 heavy (non-hydrogen) atoms. The fourth-order valence-electron chi connectivity index (χ4n) is 4.51. The topological polar surface area (TPSA) is 95.7 Å². The monoisotopic (exact) mass is 546 g/mol. The van der Waals surface area contributed by atoms with E-state index in [9.17, 15) is 22.8 Å². The Kier molecular flexibility index (Phi) is 6.50. The van der Waals surface area contributed by atoms with Crippen LogP contribution in [0.2, 0.25) is 5.02 Å². The lowest BCUT2D eigenvalue weighted by Gasteiger charge is -2.18. The third kappa shape index (κ3) is 4.66. The zero-order valence-corrected chi connectivity index (χ0v) is 21.1. The smallest absolute Gasteiger partial charge is 0.416 e. The van der Waals surface area contributed by atoms with Crippen molar-refractivity contribution in [1.82, 2.24) is 14.5 Å². The number of rotatable bonds is 6. The van der Waals surface area contributed by atoms with E-state index in [0.29, 0.717) is 30.1 Å². The Balaban J connectivity index is 1.58. The maximum Gasteiger partial charge on any atom is 0.416 e. The number of nitrogens with zero attached hydrogens (tertiary/aromatic N) is 4. The van der Waals surface area contributed by atoms with Gasteiger partial charge in [0.1, 0.15) is 11.9 Å². The standard InChI is InChI=1S/C26H22ClF3N4O4/c1-14-13-32-23-18(6-7-20(35)38-25(8-9-25)24(36)37-2)33-22(17-5-3-4-10-31-17)21-16(27)11-15(26(28,29)30)12-19(21)34(14)23/h3-5,10-13,18H,6-9H2,1-2H3/t18-/m0/s1. The highest BCUT2D eigenvalue weighted by atomic mass is 35.5. The van der Waals surface area contributed by atoms with Gasteiger partial charge in [-0.2, -0.15) is 13.2 Å². The molecule has 0 bridgehead atoms. The summed E-state index contributed by atoms with van der Waals surface area (Å²) in [6, 6.07) is 6.24. The van der Waals surface area contributed by atoms with E-state index in [1.807, 2.05) is 0 Å². The maximum absolute atomic E-state index is 13.8. The van der Waals surface area contributed by atoms with Crippen LogP contribution in [0.1, 0.15) is 60.1 Å². The second-order valence-corrected chi connectivity index (χ2v) is 9.56. The van der Waals surface area contributed by atoms with Gasteiger partial charge in [0.05, 0.1) is 34.8 Å². The number of carbonyl (C=O) groups excluding carboxylic acids is 2. The van der Waals surface area contributed by atoms with Crippen LogP contribution in [-0.4, -0.2) is 44.9 Å². The molecule has 198 valence electrons. The Morgan fingerprint density at radius 3 is 2.61 bits per heavy atom. The Labute approximate surface area is 220 Å². The minimum absolute atomic E-state index is 0.112. The van der Waals surface area contributed by atoms with Crippen LogP contribution >= 0.6 is 11.6 Å². The molecule has 1 saturated carbocycles. The van der Waals surface area contributed by atoms with Crippen LogP contribution in [0.25, 0.3) is 5.69 Å². The highest BCUT2D eigenvalue weighted by molar-refractivity contribution is 6.36. The van der Waals surface area contributed by atoms with Gasteiger partial charge in [-0.25, -0.2) is 9.78 Å². The van der Waals surface area contributed by atoms with Gasteiger partial charge in [0.25, 0.3) is 0 Å². The molecule has 3 aromatic rings. The van der Waals surface area contributed by atoms with Crippen LogP contribution in [0.15, 0.2) is 47.7 Å². The number of aryl methyl sites for hydroxylation is 1. The molecule has 5 rings (SSSR count). The summed E-state index contributed by atoms with van der Waals surface area (Å²) in [7, 11) is 1.23. The molecule has 1 atom stereocenters. The first-order chi connectivity index (χ1) is 18.0. The number of alkyl halides is 3. The van der Waals surface area contributed by atoms with E-state index in [1.54, 1.807) is 35.9 Å². The molecule has 12 heteroatoms. The van der Waals surface area contributed by atoms with Crippen LogP contribution < -0.4 is 0 Å². The SMILES string of the molecule is COC(=O)C1(OC(=O)CC[C@@H]2N=C(c3ccccn3)c3c(Cl)cc(C(F)(F)F)cc3-n3c(C)cnc32)CC1. The van der Waals surface area contributed by atoms with Gasteiger partial charge >= 0.3 is 18.1 Å². The first-order valence-corrected chi connectivity index (χ1v) is 12.2. The molecular formula is C26H22ClF3N4O4. The van der Waals surface area contributed by atoms with Crippen molar-refractivity contribution < 1.29 is 32.2 Å². The average Bonchev–Trinajstić information content (AvgIpc) is 3.59. The minimum atomic E-state index is -4.64. The summed E-state index contributed by atoms with van der Waals surface area (Å²) in [6.45, 7) is 1.71. The number of imidazole rings is 1. The molecule has 2 aliphatic rings. The summed E-state index contributed by atoms with van der Waals surface area (Å²) in [5, 5.41) is -0.146. The number of aromatic nitrogens is 3. The molecule has 1 fully saturated rings. The number of esters is 2. The fraction of sp³-hybridized carbons (Fsp3) is 0.346. The van der Waals surface area contributed by atoms with E-state index in [-0.39, 0.29) is 34.8 Å². The third-order valence-electron chi connectivity index (χ3n) is 6.52. The summed E-state index contributed by atoms with van der Waals surface area (Å²) in [5.74, 6) is -0.879. The fourth-order valence-corrected chi connectivity index (χ4v) is 4.81. The highest BCUT2D eigenvalue weighted by Gasteiger charge is 2.55. The number of hydrogen-bond donors (Lipinski definition) is 0. The van der Waals surface area contributed by atoms with Gasteiger partial charge in [0.2, 0.25) is 5.60 Å². The van der Waals surface area contributed by atoms with Crippen LogP contribution in [0.5, 0.6) is 0 Å². The molecule has 2 aromatic heterocycles. The van der Waals surface area contributed by atoms with Gasteiger partial charge in [0.15, 0.2) is 0 Å². The van der Waals surface area contributed by atoms with Crippen molar-refractivity contribution in [3.8, 4) is 5.69 Å². The first kappa shape index (κ1) is 25.9. The molecule has 0 saturated heterocycles. The van der Waals surface area contributed by atoms with Crippen molar-refractivity contribution in [2.24, 2.45) is 4.99 Å². The molecular weight excluding hydrogens is 525 g/mol. The lowest BCUT2D eigenvalue weighted by molar-refractivity contribution is -0.169. The summed E-state index contributed by atoms with van der Waals surface area (Å²) in [5.41, 5.74) is -0.500. The number of ether oxygens (including phenoxy) is 2. The predicted molar refractivity (Wildman–Crippen MR) is 130 cm³/mol. The van der Waals surface area contributed by atoms with Gasteiger partial charge in [-0.05, 0) is 37.6 Å². The lowest BCUT2D eigenvalue weighted by atomic mass is 10.0. The van der Waals surface area contributed by atoms with Crippen molar-refractivity contribution in [2.75, 3.05) is 7.11 Å². The van der Waals surface area contributed by atoms with Crippen molar-refractivity contribution in [2.45, 2.75) is 50.4 Å². The number of fused-ring (bicyclic) bond motifs is 3. The van der Waals surface area contributed by atoms with Gasteiger partial charge in [-0.3, -0.25) is 19.3 Å². The molecule has 8 nitrogen and oxygen atoms in total. The summed E-state index contributed by atoms with van der Waals surface area (Å²) < 4.78 is 53.0. The molecule has 1 aromatic carbocycles. The zero-order valence-electron chi connectivity index (χ0n) is 20.4. The van der Waals surface area contributed by atoms with Crippen molar-refractivity contribution in [1.29, 1.82) is 0 Å². The summed E-state index contributed by atoms with van der Waals surface area (Å²) in [6.07, 6.45) is -0.809. The van der Waals surface area contributed by atoms with E-state index in [4.69, 9.17) is 26.1 Å². The summed E-state index contributed by atoms with van der Waals surface area (Å²) >= 11 is 6.49. The van der Waals surface area contributed by atoms with Crippen LogP contribution in [0.3, 0.4) is 0 Å². The molecule has 0 N–H and O–H groups in total. The van der Waals surface area contributed by atoms with Gasteiger partial charge in [0, 0.05) is 42.9 Å². The highest BCUT2D eigenvalue weighted by Crippen LogP contribution is 2.42. The van der Waals surface area contributed by atoms with Crippen LogP contribution in [0, 0.1) is 6.92 Å². The quantitative estimate of drug-likeness (QED) is 0.396. The van der Waals surface area contributed by atoms with E-state index in [2.05, 4.69) is 9.97 Å². The number of halogens is 4. The van der Waals surface area contributed by atoms with Gasteiger partial charge in [-0.1, -0.05) is 17.7 Å². The van der Waals surface area contributed by atoms with Gasteiger partial charge < -0.3 is 9.47 Å². The predicted octanol–water partition coefficient (Wildman–Crippen LogP) is 5.17. The zero-order chi connectivity index (χ0) is 27.2. The summed E-state index contributed by atoms with van der Waals surface area (Å²) in [4.78, 5) is 38.3. The molecule has 0 radical (unpaired) electrons. The number of pyridine rings is 1. The average molecular weight is 547 g/mol. The minimum Gasteiger partial charge on any atom is -0.466 e. The number of carbonyl (C=O) groups is 2. The lowest BCUT2D eigenvalue weighted by Crippen LogP contribution is -2.30. The number of methoxy groups -OCH3 is 1. The second-order valence-electron chi connectivity index (χ2n) is 9.15. The Bertz CT molecular complexity index is 1450. The van der Waals surface area contributed by atoms with E-state index in [1.165, 1.54) is 13.3 Å². The van der Waals surface area contributed by atoms with Gasteiger partial charge in [-0.15, -0.1) is 0 Å². The third-order valence-corrected chi connectivity index (χ3v) is 6.82. The van der Waals surface area contributed by atoms with E-state index >= 15 is 0 Å². The van der Waals surface area contributed by atoms with E-state index < -0.39 is 35.3 Å². The van der Waals surface area contributed by atoms with Crippen LogP contribution in [-0.2, 0) is 25.2 Å². The number of benzene rings is 1. The second kappa shape index (κ2) is 9.54. The van der Waals surface area contributed by atoms with E-state index in [0.717, 1.165) is 12.1 Å². The Hall–Kier alpha value is -3.73. The molecule has 1 aliphatic carbocycles. The first-order valence-electron chi connectivity index (χ1n) is 11.8. The largest absolute Gasteiger partial charge is 0.466 e. The molecule has 0 spiro atoms. The molecule has 3 heterocycles. The molecule has 1 aliphatic heterocycles.